The van der Waals surface area contributed by atoms with E-state index in [0.29, 0.717) is 22.7 Å². The van der Waals surface area contributed by atoms with Crippen molar-refractivity contribution in [3.63, 3.8) is 0 Å². The molecule has 98 valence electrons. The first-order valence-electron chi connectivity index (χ1n) is 5.83. The van der Waals surface area contributed by atoms with E-state index in [2.05, 4.69) is 10.2 Å². The number of carbonyl (C=O) groups is 1. The molecule has 4 nitrogen and oxygen atoms in total. The molecule has 0 atom stereocenters. The van der Waals surface area contributed by atoms with E-state index in [-0.39, 0.29) is 5.91 Å². The lowest BCUT2D eigenvalue weighted by atomic mass is 10.1. The number of amides is 1. The highest BCUT2D eigenvalue weighted by Crippen LogP contribution is 2.05. The quantitative estimate of drug-likeness (QED) is 0.595. The second-order valence-electron chi connectivity index (χ2n) is 4.36. The summed E-state index contributed by atoms with van der Waals surface area (Å²) in [6.07, 6.45) is 0.924. The lowest BCUT2D eigenvalue weighted by molar-refractivity contribution is 0.0952. The van der Waals surface area contributed by atoms with Crippen LogP contribution < -0.4 is 11.1 Å². The molecule has 0 heterocycles. The van der Waals surface area contributed by atoms with Crippen molar-refractivity contribution in [1.82, 2.24) is 10.2 Å². The number of nitrogens with one attached hydrogen (secondary N) is 1. The number of hydrogen-bond acceptors (Lipinski definition) is 3. The molecule has 1 rings (SSSR count). The van der Waals surface area contributed by atoms with Crippen LogP contribution in [0.25, 0.3) is 0 Å². The minimum atomic E-state index is -0.0909. The Balaban J connectivity index is 2.51. The third kappa shape index (κ3) is 4.81. The van der Waals surface area contributed by atoms with Gasteiger partial charge in [-0.2, -0.15) is 0 Å². The third-order valence-electron chi connectivity index (χ3n) is 2.48. The van der Waals surface area contributed by atoms with Crippen LogP contribution in [-0.4, -0.2) is 43.0 Å². The third-order valence-corrected chi connectivity index (χ3v) is 2.71. The minimum absolute atomic E-state index is 0.0909. The second-order valence-corrected chi connectivity index (χ2v) is 4.80. The number of nitrogens with zero attached hydrogens (tertiary/aromatic N) is 1. The Morgan fingerprint density at radius 1 is 1.39 bits per heavy atom. The zero-order valence-electron chi connectivity index (χ0n) is 10.8. The predicted molar refractivity (Wildman–Crippen MR) is 77.8 cm³/mol. The molecule has 1 aromatic rings. The Morgan fingerprint density at radius 3 is 2.67 bits per heavy atom. The van der Waals surface area contributed by atoms with Crippen molar-refractivity contribution in [2.75, 3.05) is 27.2 Å². The molecule has 0 bridgehead atoms. The van der Waals surface area contributed by atoms with Gasteiger partial charge in [0.05, 0.1) is 0 Å². The first-order valence-corrected chi connectivity index (χ1v) is 6.24. The van der Waals surface area contributed by atoms with E-state index in [0.717, 1.165) is 13.0 Å². The average molecular weight is 265 g/mol. The van der Waals surface area contributed by atoms with Gasteiger partial charge in [-0.05, 0) is 39.2 Å². The van der Waals surface area contributed by atoms with Gasteiger partial charge in [0, 0.05) is 17.7 Å². The Labute approximate surface area is 113 Å². The van der Waals surface area contributed by atoms with Crippen molar-refractivity contribution >= 4 is 23.1 Å². The van der Waals surface area contributed by atoms with E-state index < -0.39 is 0 Å². The van der Waals surface area contributed by atoms with Crippen LogP contribution in [0, 0.1) is 0 Å². The molecule has 0 aromatic heterocycles. The fourth-order valence-electron chi connectivity index (χ4n) is 1.51. The zero-order valence-corrected chi connectivity index (χ0v) is 11.6. The summed E-state index contributed by atoms with van der Waals surface area (Å²) in [6, 6.07) is 7.04. The van der Waals surface area contributed by atoms with Gasteiger partial charge >= 0.3 is 0 Å². The van der Waals surface area contributed by atoms with Gasteiger partial charge in [0.25, 0.3) is 5.91 Å². The molecular weight excluding hydrogens is 246 g/mol. The topological polar surface area (TPSA) is 58.4 Å². The molecule has 0 aliphatic carbocycles. The maximum atomic E-state index is 11.9. The normalized spacial score (nSPS) is 10.4. The summed E-state index contributed by atoms with van der Waals surface area (Å²) in [5.41, 5.74) is 6.83. The summed E-state index contributed by atoms with van der Waals surface area (Å²) in [5, 5.41) is 2.87. The average Bonchev–Trinajstić information content (AvgIpc) is 2.34. The first kappa shape index (κ1) is 14.6. The van der Waals surface area contributed by atoms with Gasteiger partial charge in [0.1, 0.15) is 4.99 Å². The number of nitrogens with two attached hydrogens (primary N) is 1. The maximum absolute atomic E-state index is 11.9. The standard InChI is InChI=1S/C13H19N3OS/c1-16(2)8-4-7-15-13(17)11-6-3-5-10(9-11)12(14)18/h3,5-6,9H,4,7-8H2,1-2H3,(H2,14,18)(H,15,17). The molecule has 0 saturated carbocycles. The molecule has 0 saturated heterocycles. The van der Waals surface area contributed by atoms with Gasteiger partial charge in [-0.25, -0.2) is 0 Å². The van der Waals surface area contributed by atoms with E-state index >= 15 is 0 Å². The Bertz CT molecular complexity index is 432. The van der Waals surface area contributed by atoms with Crippen molar-refractivity contribution in [3.8, 4) is 0 Å². The van der Waals surface area contributed by atoms with E-state index in [4.69, 9.17) is 18.0 Å². The van der Waals surface area contributed by atoms with Crippen LogP contribution >= 0.6 is 12.2 Å². The van der Waals surface area contributed by atoms with Crippen molar-refractivity contribution in [2.45, 2.75) is 6.42 Å². The number of benzene rings is 1. The van der Waals surface area contributed by atoms with Gasteiger partial charge in [0.2, 0.25) is 0 Å². The fourth-order valence-corrected chi connectivity index (χ4v) is 1.64. The summed E-state index contributed by atoms with van der Waals surface area (Å²) < 4.78 is 0. The molecule has 5 heteroatoms. The van der Waals surface area contributed by atoms with Gasteiger partial charge in [-0.3, -0.25) is 4.79 Å². The SMILES string of the molecule is CN(C)CCCNC(=O)c1cccc(C(N)=S)c1. The smallest absolute Gasteiger partial charge is 0.251 e. The number of carbonyl (C=O) groups excluding carboxylic acids is 1. The zero-order chi connectivity index (χ0) is 13.5. The largest absolute Gasteiger partial charge is 0.389 e. The van der Waals surface area contributed by atoms with Crippen LogP contribution in [0.15, 0.2) is 24.3 Å². The van der Waals surface area contributed by atoms with Gasteiger partial charge in [0.15, 0.2) is 0 Å². The van der Waals surface area contributed by atoms with Crippen LogP contribution in [0.1, 0.15) is 22.3 Å². The van der Waals surface area contributed by atoms with E-state index in [9.17, 15) is 4.79 Å². The van der Waals surface area contributed by atoms with Gasteiger partial charge in [-0.1, -0.05) is 24.4 Å². The van der Waals surface area contributed by atoms with Crippen molar-refractivity contribution < 1.29 is 4.79 Å². The molecule has 0 aliphatic heterocycles. The Morgan fingerprint density at radius 2 is 2.06 bits per heavy atom. The molecule has 3 N–H and O–H groups in total. The molecule has 1 aromatic carbocycles. The molecule has 0 unspecified atom stereocenters. The summed E-state index contributed by atoms with van der Waals surface area (Å²) >= 11 is 4.88. The second kappa shape index (κ2) is 7.08. The number of rotatable bonds is 6. The highest BCUT2D eigenvalue weighted by molar-refractivity contribution is 7.80. The lowest BCUT2D eigenvalue weighted by Crippen LogP contribution is -2.27. The molecular formula is C13H19N3OS. The predicted octanol–water partition coefficient (Wildman–Crippen LogP) is 1.00. The van der Waals surface area contributed by atoms with Gasteiger partial charge in [-0.15, -0.1) is 0 Å². The fraction of sp³-hybridized carbons (Fsp3) is 0.385. The summed E-state index contributed by atoms with van der Waals surface area (Å²) in [6.45, 7) is 1.61. The van der Waals surface area contributed by atoms with Gasteiger partial charge < -0.3 is 16.0 Å². The summed E-state index contributed by atoms with van der Waals surface area (Å²) in [4.78, 5) is 14.2. The highest BCUT2D eigenvalue weighted by Gasteiger charge is 2.06. The highest BCUT2D eigenvalue weighted by atomic mass is 32.1. The van der Waals surface area contributed by atoms with Crippen LogP contribution in [0.3, 0.4) is 0 Å². The van der Waals surface area contributed by atoms with Crippen LogP contribution in [0.5, 0.6) is 0 Å². The van der Waals surface area contributed by atoms with Crippen molar-refractivity contribution in [2.24, 2.45) is 5.73 Å². The van der Waals surface area contributed by atoms with E-state index in [1.807, 2.05) is 14.1 Å². The van der Waals surface area contributed by atoms with E-state index in [1.54, 1.807) is 24.3 Å². The molecule has 18 heavy (non-hydrogen) atoms. The summed E-state index contributed by atoms with van der Waals surface area (Å²) in [5.74, 6) is -0.0909. The first-order chi connectivity index (χ1) is 8.50. The Hall–Kier alpha value is -1.46. The van der Waals surface area contributed by atoms with Crippen LogP contribution in [0.2, 0.25) is 0 Å². The summed E-state index contributed by atoms with van der Waals surface area (Å²) in [7, 11) is 4.01. The molecule has 0 aliphatic rings. The maximum Gasteiger partial charge on any atom is 0.251 e. The molecule has 0 radical (unpaired) electrons. The molecule has 0 spiro atoms. The monoisotopic (exact) mass is 265 g/mol. The number of thiocarbonyl (C=S) groups is 1. The lowest BCUT2D eigenvalue weighted by Gasteiger charge is -2.10. The minimum Gasteiger partial charge on any atom is -0.389 e. The molecule has 1 amide bonds. The van der Waals surface area contributed by atoms with Crippen molar-refractivity contribution in [3.05, 3.63) is 35.4 Å². The molecule has 0 fully saturated rings. The van der Waals surface area contributed by atoms with Crippen LogP contribution in [-0.2, 0) is 0 Å². The number of hydrogen-bond donors (Lipinski definition) is 2. The van der Waals surface area contributed by atoms with Crippen molar-refractivity contribution in [1.29, 1.82) is 0 Å². The van der Waals surface area contributed by atoms with Crippen LogP contribution in [0.4, 0.5) is 0 Å². The van der Waals surface area contributed by atoms with E-state index in [1.165, 1.54) is 0 Å². The Kier molecular flexibility index (Phi) is 5.74.